The van der Waals surface area contributed by atoms with Gasteiger partial charge in [0.1, 0.15) is 0 Å². The number of nitrogens with one attached hydrogen (secondary N) is 1. The summed E-state index contributed by atoms with van der Waals surface area (Å²) in [5.41, 5.74) is 0.873. The Hall–Kier alpha value is -1.48. The van der Waals surface area contributed by atoms with Crippen LogP contribution in [-0.4, -0.2) is 81.0 Å². The van der Waals surface area contributed by atoms with Gasteiger partial charge in [0.25, 0.3) is 0 Å². The lowest BCUT2D eigenvalue weighted by atomic mass is 10.2. The van der Waals surface area contributed by atoms with Crippen LogP contribution in [0.2, 0.25) is 0 Å². The average Bonchev–Trinajstić information content (AvgIpc) is 2.64. The predicted molar refractivity (Wildman–Crippen MR) is 111 cm³/mol. The number of sulfonamides is 1. The molecule has 1 heterocycles. The van der Waals surface area contributed by atoms with Gasteiger partial charge in [-0.1, -0.05) is 30.3 Å². The number of rotatable bonds is 7. The largest absolute Gasteiger partial charge is 0.363 e. The number of piperazine rings is 1. The molecular weight excluding hydrogens is 368 g/mol. The normalized spacial score (nSPS) is 16.3. The third-order valence-electron chi connectivity index (χ3n) is 4.18. The highest BCUT2D eigenvalue weighted by atomic mass is 32.2. The van der Waals surface area contributed by atoms with Crippen LogP contribution in [0.1, 0.15) is 12.0 Å². The van der Waals surface area contributed by atoms with Crippen molar-refractivity contribution in [2.45, 2.75) is 6.42 Å². The zero-order valence-electron chi connectivity index (χ0n) is 15.5. The molecule has 1 aliphatic rings. The van der Waals surface area contributed by atoms with Gasteiger partial charge in [-0.15, -0.1) is 0 Å². The maximum absolute atomic E-state index is 12.5. The van der Waals surface area contributed by atoms with Crippen molar-refractivity contribution in [1.82, 2.24) is 19.4 Å². The molecule has 26 heavy (non-hydrogen) atoms. The minimum absolute atomic E-state index is 0.445. The molecule has 2 rings (SSSR count). The molecule has 6 nitrogen and oxygen atoms in total. The molecule has 1 aliphatic heterocycles. The molecule has 1 aromatic carbocycles. The summed E-state index contributed by atoms with van der Waals surface area (Å²) in [4.78, 5) is 4.18. The quantitative estimate of drug-likeness (QED) is 0.556. The Kier molecular flexibility index (Phi) is 8.02. The first-order valence-corrected chi connectivity index (χ1v) is 10.7. The van der Waals surface area contributed by atoms with Gasteiger partial charge in [-0.25, -0.2) is 8.42 Å². The molecule has 144 valence electrons. The lowest BCUT2D eigenvalue weighted by molar-refractivity contribution is 0.265. The van der Waals surface area contributed by atoms with E-state index in [1.54, 1.807) is 6.08 Å². The van der Waals surface area contributed by atoms with Crippen LogP contribution in [0, 0.1) is 0 Å². The second-order valence-corrected chi connectivity index (χ2v) is 8.74. The fraction of sp³-hybridized carbons (Fsp3) is 0.500. The van der Waals surface area contributed by atoms with Crippen LogP contribution >= 0.6 is 12.2 Å². The zero-order chi connectivity index (χ0) is 19.0. The molecule has 0 atom stereocenters. The first-order valence-electron chi connectivity index (χ1n) is 8.79. The third-order valence-corrected chi connectivity index (χ3v) is 6.14. The Labute approximate surface area is 162 Å². The zero-order valence-corrected chi connectivity index (χ0v) is 17.1. The van der Waals surface area contributed by atoms with Gasteiger partial charge in [-0.2, -0.15) is 4.31 Å². The van der Waals surface area contributed by atoms with E-state index in [0.717, 1.165) is 25.1 Å². The van der Waals surface area contributed by atoms with E-state index in [9.17, 15) is 8.42 Å². The van der Waals surface area contributed by atoms with Crippen molar-refractivity contribution in [2.24, 2.45) is 0 Å². The number of thiocarbonyl (C=S) groups is 1. The SMILES string of the molecule is CN(C)CCCNC(=S)N1CCN(S(=O)(=O)/C=C/c2ccccc2)CC1. The van der Waals surface area contributed by atoms with E-state index in [1.807, 2.05) is 49.3 Å². The molecule has 1 N–H and O–H groups in total. The van der Waals surface area contributed by atoms with Crippen molar-refractivity contribution >= 4 is 33.4 Å². The van der Waals surface area contributed by atoms with Gasteiger partial charge < -0.3 is 15.1 Å². The molecule has 0 saturated carbocycles. The highest BCUT2D eigenvalue weighted by molar-refractivity contribution is 7.92. The van der Waals surface area contributed by atoms with E-state index in [4.69, 9.17) is 12.2 Å². The Morgan fingerprint density at radius 3 is 2.46 bits per heavy atom. The minimum Gasteiger partial charge on any atom is -0.363 e. The predicted octanol–water partition coefficient (Wildman–Crippen LogP) is 1.43. The van der Waals surface area contributed by atoms with Gasteiger partial charge in [-0.05, 0) is 50.9 Å². The van der Waals surface area contributed by atoms with Gasteiger partial charge in [0.2, 0.25) is 10.0 Å². The molecule has 0 bridgehead atoms. The van der Waals surface area contributed by atoms with Gasteiger partial charge in [0.05, 0.1) is 0 Å². The van der Waals surface area contributed by atoms with Gasteiger partial charge >= 0.3 is 0 Å². The summed E-state index contributed by atoms with van der Waals surface area (Å²) in [6.07, 6.45) is 2.66. The lowest BCUT2D eigenvalue weighted by Gasteiger charge is -2.35. The maximum Gasteiger partial charge on any atom is 0.236 e. The fourth-order valence-electron chi connectivity index (χ4n) is 2.66. The Morgan fingerprint density at radius 2 is 1.85 bits per heavy atom. The van der Waals surface area contributed by atoms with Crippen molar-refractivity contribution < 1.29 is 8.42 Å². The molecule has 1 aromatic rings. The Bertz CT molecular complexity index is 697. The van der Waals surface area contributed by atoms with Crippen molar-refractivity contribution in [2.75, 3.05) is 53.4 Å². The number of nitrogens with zero attached hydrogens (tertiary/aromatic N) is 3. The molecule has 1 fully saturated rings. The molecule has 0 aromatic heterocycles. The van der Waals surface area contributed by atoms with Crippen LogP contribution in [0.3, 0.4) is 0 Å². The van der Waals surface area contributed by atoms with E-state index in [1.165, 1.54) is 9.71 Å². The third kappa shape index (κ3) is 6.68. The lowest BCUT2D eigenvalue weighted by Crippen LogP contribution is -2.52. The minimum atomic E-state index is -3.40. The van der Waals surface area contributed by atoms with E-state index in [0.29, 0.717) is 31.3 Å². The van der Waals surface area contributed by atoms with Gasteiger partial charge in [-0.3, -0.25) is 0 Å². The summed E-state index contributed by atoms with van der Waals surface area (Å²) in [6.45, 7) is 3.95. The molecule has 0 radical (unpaired) electrons. The summed E-state index contributed by atoms with van der Waals surface area (Å²) < 4.78 is 26.5. The van der Waals surface area contributed by atoms with Crippen molar-refractivity contribution in [1.29, 1.82) is 0 Å². The van der Waals surface area contributed by atoms with Crippen molar-refractivity contribution in [3.8, 4) is 0 Å². The monoisotopic (exact) mass is 396 g/mol. The molecule has 1 saturated heterocycles. The Morgan fingerprint density at radius 1 is 1.19 bits per heavy atom. The van der Waals surface area contributed by atoms with Crippen LogP contribution in [0.15, 0.2) is 35.7 Å². The second-order valence-electron chi connectivity index (χ2n) is 6.53. The van der Waals surface area contributed by atoms with Crippen LogP contribution in [-0.2, 0) is 10.0 Å². The molecule has 0 amide bonds. The number of hydrogen-bond donors (Lipinski definition) is 1. The number of hydrogen-bond acceptors (Lipinski definition) is 4. The van der Waals surface area contributed by atoms with E-state index >= 15 is 0 Å². The summed E-state index contributed by atoms with van der Waals surface area (Å²) in [5, 5.41) is 5.25. The smallest absolute Gasteiger partial charge is 0.236 e. The van der Waals surface area contributed by atoms with E-state index in [2.05, 4.69) is 10.2 Å². The highest BCUT2D eigenvalue weighted by Gasteiger charge is 2.25. The summed E-state index contributed by atoms with van der Waals surface area (Å²) in [7, 11) is 0.688. The van der Waals surface area contributed by atoms with Crippen LogP contribution < -0.4 is 5.32 Å². The molecule has 0 aliphatic carbocycles. The molecule has 8 heteroatoms. The van der Waals surface area contributed by atoms with Crippen molar-refractivity contribution in [3.63, 3.8) is 0 Å². The average molecular weight is 397 g/mol. The van der Waals surface area contributed by atoms with Crippen LogP contribution in [0.5, 0.6) is 0 Å². The molecular formula is C18H28N4O2S2. The Balaban J connectivity index is 1.79. The first kappa shape index (κ1) is 20.8. The molecule has 0 spiro atoms. The standard InChI is InChI=1S/C18H28N4O2S2/c1-20(2)11-6-10-19-18(25)21-12-14-22(15-13-21)26(23,24)16-9-17-7-4-3-5-8-17/h3-5,7-9,16H,6,10-15H2,1-2H3,(H,19,25)/b16-9+. The first-order chi connectivity index (χ1) is 12.4. The summed E-state index contributed by atoms with van der Waals surface area (Å²) in [6, 6.07) is 9.44. The van der Waals surface area contributed by atoms with Crippen LogP contribution in [0.4, 0.5) is 0 Å². The maximum atomic E-state index is 12.5. The fourth-order valence-corrected chi connectivity index (χ4v) is 4.12. The second kappa shape index (κ2) is 10.0. The van der Waals surface area contributed by atoms with Gasteiger partial charge in [0, 0.05) is 38.1 Å². The van der Waals surface area contributed by atoms with Crippen molar-refractivity contribution in [3.05, 3.63) is 41.3 Å². The topological polar surface area (TPSA) is 55.9 Å². The van der Waals surface area contributed by atoms with Gasteiger partial charge in [0.15, 0.2) is 5.11 Å². The summed E-state index contributed by atoms with van der Waals surface area (Å²) >= 11 is 5.42. The molecule has 0 unspecified atom stereocenters. The van der Waals surface area contributed by atoms with E-state index < -0.39 is 10.0 Å². The number of benzene rings is 1. The van der Waals surface area contributed by atoms with E-state index in [-0.39, 0.29) is 0 Å². The highest BCUT2D eigenvalue weighted by Crippen LogP contribution is 2.11. The summed E-state index contributed by atoms with van der Waals surface area (Å²) in [5.74, 6) is 0. The van der Waals surface area contributed by atoms with Crippen LogP contribution in [0.25, 0.3) is 6.08 Å².